The highest BCUT2D eigenvalue weighted by molar-refractivity contribution is 9.10. The molecule has 0 fully saturated rings. The van der Waals surface area contributed by atoms with Gasteiger partial charge in [0.25, 0.3) is 0 Å². The molecule has 19 heavy (non-hydrogen) atoms. The third kappa shape index (κ3) is 2.98. The lowest BCUT2D eigenvalue weighted by molar-refractivity contribution is 0.103. The second kappa shape index (κ2) is 6.21. The molecule has 100 valence electrons. The number of benzene rings is 1. The van der Waals surface area contributed by atoms with E-state index in [2.05, 4.69) is 15.9 Å². The number of carbonyl (C=O) groups excluding carboxylic acids is 1. The largest absolute Gasteiger partial charge is 0.495 e. The second-order valence-electron chi connectivity index (χ2n) is 3.72. The molecule has 0 saturated heterocycles. The number of methoxy groups -OCH3 is 1. The minimum Gasteiger partial charge on any atom is -0.495 e. The Hall–Kier alpha value is -1.33. The predicted octanol–water partition coefficient (Wildman–Crippen LogP) is 4.15. The number of thiophene rings is 1. The number of hydrogen-bond acceptors (Lipinski definition) is 4. The van der Waals surface area contributed by atoms with E-state index in [0.29, 0.717) is 22.8 Å². The summed E-state index contributed by atoms with van der Waals surface area (Å²) in [6, 6.07) is 7.15. The maximum Gasteiger partial charge on any atom is 0.207 e. The summed E-state index contributed by atoms with van der Waals surface area (Å²) >= 11 is 4.79. The first-order valence-electron chi connectivity index (χ1n) is 5.76. The van der Waals surface area contributed by atoms with Gasteiger partial charge in [-0.1, -0.05) is 0 Å². The van der Waals surface area contributed by atoms with E-state index in [-0.39, 0.29) is 5.78 Å². The van der Waals surface area contributed by atoms with Gasteiger partial charge in [0, 0.05) is 10.0 Å². The third-order valence-corrected chi connectivity index (χ3v) is 4.10. The van der Waals surface area contributed by atoms with Crippen LogP contribution in [0.5, 0.6) is 11.5 Å². The highest BCUT2D eigenvalue weighted by Gasteiger charge is 2.18. The summed E-state index contributed by atoms with van der Waals surface area (Å²) in [7, 11) is 1.56. The van der Waals surface area contributed by atoms with E-state index in [1.54, 1.807) is 31.4 Å². The molecule has 5 heteroatoms. The van der Waals surface area contributed by atoms with Crippen molar-refractivity contribution < 1.29 is 14.3 Å². The molecular weight excluding hydrogens is 328 g/mol. The smallest absolute Gasteiger partial charge is 0.207 e. The first-order valence-corrected chi connectivity index (χ1v) is 7.43. The van der Waals surface area contributed by atoms with E-state index in [1.807, 2.05) is 12.3 Å². The topological polar surface area (TPSA) is 35.5 Å². The Kier molecular flexibility index (Phi) is 4.61. The zero-order valence-electron chi connectivity index (χ0n) is 10.6. The molecule has 1 aromatic carbocycles. The summed E-state index contributed by atoms with van der Waals surface area (Å²) in [5.41, 5.74) is 0.601. The van der Waals surface area contributed by atoms with Crippen LogP contribution in [-0.4, -0.2) is 19.5 Å². The van der Waals surface area contributed by atoms with E-state index in [4.69, 9.17) is 9.47 Å². The highest BCUT2D eigenvalue weighted by Crippen LogP contribution is 2.31. The maximum absolute atomic E-state index is 12.4. The SMILES string of the molecule is CCOc1ccc(C(=O)c2sccc2OC)c(Br)c1. The van der Waals surface area contributed by atoms with Crippen LogP contribution >= 0.6 is 27.3 Å². The molecule has 0 aliphatic heterocycles. The van der Waals surface area contributed by atoms with Crippen molar-refractivity contribution in [2.45, 2.75) is 6.92 Å². The monoisotopic (exact) mass is 340 g/mol. The van der Waals surface area contributed by atoms with Crippen LogP contribution in [0.2, 0.25) is 0 Å². The average molecular weight is 341 g/mol. The molecule has 0 saturated carbocycles. The van der Waals surface area contributed by atoms with Gasteiger partial charge in [-0.05, 0) is 52.5 Å². The van der Waals surface area contributed by atoms with E-state index in [1.165, 1.54) is 11.3 Å². The fourth-order valence-electron chi connectivity index (χ4n) is 1.68. The molecule has 0 atom stereocenters. The second-order valence-corrected chi connectivity index (χ2v) is 5.49. The van der Waals surface area contributed by atoms with Crippen molar-refractivity contribution in [1.82, 2.24) is 0 Å². The summed E-state index contributed by atoms with van der Waals surface area (Å²) in [4.78, 5) is 13.0. The molecule has 2 aromatic rings. The normalized spacial score (nSPS) is 10.3. The molecule has 3 nitrogen and oxygen atoms in total. The van der Waals surface area contributed by atoms with Crippen molar-refractivity contribution in [2.24, 2.45) is 0 Å². The molecule has 0 unspecified atom stereocenters. The van der Waals surface area contributed by atoms with E-state index < -0.39 is 0 Å². The molecule has 0 aliphatic carbocycles. The summed E-state index contributed by atoms with van der Waals surface area (Å²) in [6.45, 7) is 2.52. The molecule has 0 spiro atoms. The number of ether oxygens (including phenoxy) is 2. The Balaban J connectivity index is 2.34. The fraction of sp³-hybridized carbons (Fsp3) is 0.214. The van der Waals surface area contributed by atoms with Crippen molar-refractivity contribution in [1.29, 1.82) is 0 Å². The van der Waals surface area contributed by atoms with Crippen LogP contribution in [0, 0.1) is 0 Å². The molecule has 0 bridgehead atoms. The van der Waals surface area contributed by atoms with Gasteiger partial charge in [-0.25, -0.2) is 0 Å². The van der Waals surface area contributed by atoms with E-state index in [0.717, 1.165) is 10.2 Å². The van der Waals surface area contributed by atoms with Gasteiger partial charge in [0.15, 0.2) is 0 Å². The average Bonchev–Trinajstić information content (AvgIpc) is 2.87. The van der Waals surface area contributed by atoms with Crippen molar-refractivity contribution in [2.75, 3.05) is 13.7 Å². The Bertz CT molecular complexity index is 592. The first kappa shape index (κ1) is 14.1. The lowest BCUT2D eigenvalue weighted by Crippen LogP contribution is -2.02. The Morgan fingerprint density at radius 2 is 2.16 bits per heavy atom. The van der Waals surface area contributed by atoms with Gasteiger partial charge >= 0.3 is 0 Å². The summed E-state index contributed by atoms with van der Waals surface area (Å²) in [5, 5.41) is 1.84. The van der Waals surface area contributed by atoms with Crippen LogP contribution < -0.4 is 9.47 Å². The van der Waals surface area contributed by atoms with Crippen LogP contribution in [0.15, 0.2) is 34.1 Å². The van der Waals surface area contributed by atoms with Gasteiger partial charge < -0.3 is 9.47 Å². The third-order valence-electron chi connectivity index (χ3n) is 2.55. The van der Waals surface area contributed by atoms with Crippen molar-refractivity contribution in [3.63, 3.8) is 0 Å². The predicted molar refractivity (Wildman–Crippen MR) is 79.6 cm³/mol. The molecule has 0 aliphatic rings. The maximum atomic E-state index is 12.4. The number of halogens is 1. The van der Waals surface area contributed by atoms with Gasteiger partial charge in [0.1, 0.15) is 16.4 Å². The van der Waals surface area contributed by atoms with E-state index in [9.17, 15) is 4.79 Å². The van der Waals surface area contributed by atoms with Gasteiger partial charge in [-0.15, -0.1) is 11.3 Å². The van der Waals surface area contributed by atoms with Crippen LogP contribution in [0.4, 0.5) is 0 Å². The summed E-state index contributed by atoms with van der Waals surface area (Å²) in [5.74, 6) is 1.29. The van der Waals surface area contributed by atoms with Crippen LogP contribution in [0.3, 0.4) is 0 Å². The van der Waals surface area contributed by atoms with Crippen LogP contribution in [-0.2, 0) is 0 Å². The number of hydrogen-bond donors (Lipinski definition) is 0. The standard InChI is InChI=1S/C14H13BrO3S/c1-3-18-9-4-5-10(11(15)8-9)13(16)14-12(17-2)6-7-19-14/h4-8H,3H2,1-2H3. The molecule has 1 heterocycles. The minimum atomic E-state index is -0.0539. The van der Waals surface area contributed by atoms with Crippen molar-refractivity contribution in [3.05, 3.63) is 44.6 Å². The zero-order chi connectivity index (χ0) is 13.8. The molecule has 1 aromatic heterocycles. The van der Waals surface area contributed by atoms with Crippen molar-refractivity contribution in [3.8, 4) is 11.5 Å². The quantitative estimate of drug-likeness (QED) is 0.767. The van der Waals surface area contributed by atoms with Gasteiger partial charge in [0.05, 0.1) is 13.7 Å². The van der Waals surface area contributed by atoms with Crippen LogP contribution in [0.1, 0.15) is 22.2 Å². The molecule has 0 radical (unpaired) electrons. The number of ketones is 1. The van der Waals surface area contributed by atoms with Gasteiger partial charge in [0.2, 0.25) is 5.78 Å². The van der Waals surface area contributed by atoms with E-state index >= 15 is 0 Å². The van der Waals surface area contributed by atoms with Gasteiger partial charge in [-0.2, -0.15) is 0 Å². The summed E-state index contributed by atoms with van der Waals surface area (Å²) < 4.78 is 11.3. The number of rotatable bonds is 5. The molecule has 0 N–H and O–H groups in total. The number of carbonyl (C=O) groups is 1. The first-order chi connectivity index (χ1) is 9.17. The zero-order valence-corrected chi connectivity index (χ0v) is 13.0. The minimum absolute atomic E-state index is 0.0539. The van der Waals surface area contributed by atoms with Crippen LogP contribution in [0.25, 0.3) is 0 Å². The molecule has 0 amide bonds. The van der Waals surface area contributed by atoms with Gasteiger partial charge in [-0.3, -0.25) is 4.79 Å². The Morgan fingerprint density at radius 3 is 2.79 bits per heavy atom. The molecular formula is C14H13BrO3S. The molecule has 2 rings (SSSR count). The summed E-state index contributed by atoms with van der Waals surface area (Å²) in [6.07, 6.45) is 0. The lowest BCUT2D eigenvalue weighted by atomic mass is 10.1. The Morgan fingerprint density at radius 1 is 1.37 bits per heavy atom. The highest BCUT2D eigenvalue weighted by atomic mass is 79.9. The van der Waals surface area contributed by atoms with Crippen molar-refractivity contribution >= 4 is 33.0 Å². The Labute approximate surface area is 124 Å². The lowest BCUT2D eigenvalue weighted by Gasteiger charge is -2.07. The fourth-order valence-corrected chi connectivity index (χ4v) is 3.03.